The molecule has 0 amide bonds. The van der Waals surface area contributed by atoms with Gasteiger partial charge < -0.3 is 14.0 Å². The van der Waals surface area contributed by atoms with E-state index in [1.54, 1.807) is 12.4 Å². The van der Waals surface area contributed by atoms with Gasteiger partial charge in [-0.1, -0.05) is 17.7 Å². The lowest BCUT2D eigenvalue weighted by Gasteiger charge is -2.32. The molecular weight excluding hydrogens is 291 g/mol. The minimum absolute atomic E-state index is 0.300. The summed E-state index contributed by atoms with van der Waals surface area (Å²) in [4.78, 5) is 8.49. The summed E-state index contributed by atoms with van der Waals surface area (Å²) in [5.41, 5.74) is 1.19. The summed E-state index contributed by atoms with van der Waals surface area (Å²) in [7, 11) is -0.464. The van der Waals surface area contributed by atoms with Crippen molar-refractivity contribution < 1.29 is 14.0 Å². The topological polar surface area (TPSA) is 53.5 Å². The fourth-order valence-electron chi connectivity index (χ4n) is 2.19. The van der Waals surface area contributed by atoms with Gasteiger partial charge in [0.2, 0.25) is 0 Å². The lowest BCUT2D eigenvalue weighted by Crippen LogP contribution is -2.41. The number of benzene rings is 1. The average molecular weight is 312 g/mol. The summed E-state index contributed by atoms with van der Waals surface area (Å²) >= 11 is 0. The van der Waals surface area contributed by atoms with Gasteiger partial charge in [0.15, 0.2) is 0 Å². The van der Waals surface area contributed by atoms with Crippen LogP contribution in [0.3, 0.4) is 0 Å². The Kier molecular flexibility index (Phi) is 3.90. The molecule has 0 bridgehead atoms. The normalized spacial score (nSPS) is 18.9. The van der Waals surface area contributed by atoms with E-state index in [4.69, 9.17) is 14.0 Å². The maximum atomic E-state index is 5.98. The Morgan fingerprint density at radius 2 is 1.43 bits per heavy atom. The Labute approximate surface area is 137 Å². The minimum atomic E-state index is -0.464. The van der Waals surface area contributed by atoms with Gasteiger partial charge in [0.05, 0.1) is 11.2 Å². The maximum absolute atomic E-state index is 5.98. The second kappa shape index (κ2) is 5.62. The van der Waals surface area contributed by atoms with Crippen LogP contribution in [0.15, 0.2) is 36.7 Å². The van der Waals surface area contributed by atoms with Crippen molar-refractivity contribution in [3.8, 4) is 11.8 Å². The van der Waals surface area contributed by atoms with Crippen LogP contribution in [-0.4, -0.2) is 28.3 Å². The fourth-order valence-corrected chi connectivity index (χ4v) is 2.19. The lowest BCUT2D eigenvalue weighted by molar-refractivity contribution is 0.00578. The van der Waals surface area contributed by atoms with Crippen molar-refractivity contribution >= 4 is 12.6 Å². The van der Waals surface area contributed by atoms with Crippen molar-refractivity contribution in [2.24, 2.45) is 0 Å². The molecular formula is C17H21BN2O3. The molecule has 120 valence electrons. The zero-order valence-electron chi connectivity index (χ0n) is 14.2. The third kappa shape index (κ3) is 3.23. The number of aromatic nitrogens is 2. The molecule has 3 rings (SSSR count). The smallest absolute Gasteiger partial charge is 0.424 e. The highest BCUT2D eigenvalue weighted by atomic mass is 16.7. The van der Waals surface area contributed by atoms with Gasteiger partial charge in [0.25, 0.3) is 0 Å². The van der Waals surface area contributed by atoms with Crippen LogP contribution in [0.4, 0.5) is 0 Å². The van der Waals surface area contributed by atoms with E-state index in [0.717, 1.165) is 5.46 Å². The molecule has 0 N–H and O–H groups in total. The zero-order valence-corrected chi connectivity index (χ0v) is 14.2. The van der Waals surface area contributed by atoms with E-state index >= 15 is 0 Å². The molecule has 2 heterocycles. The van der Waals surface area contributed by atoms with E-state index in [1.165, 1.54) is 5.56 Å². The molecule has 1 aromatic heterocycles. The van der Waals surface area contributed by atoms with E-state index in [0.29, 0.717) is 11.8 Å². The molecule has 0 saturated carbocycles. The largest absolute Gasteiger partial charge is 0.498 e. The summed E-state index contributed by atoms with van der Waals surface area (Å²) in [5, 5.41) is 0. The minimum Gasteiger partial charge on any atom is -0.424 e. The summed E-state index contributed by atoms with van der Waals surface area (Å²) in [6.45, 7) is 10.1. The van der Waals surface area contributed by atoms with Crippen LogP contribution in [0.2, 0.25) is 0 Å². The first kappa shape index (κ1) is 16.0. The molecule has 0 radical (unpaired) electrons. The number of rotatable bonds is 3. The zero-order chi connectivity index (χ0) is 16.7. The van der Waals surface area contributed by atoms with Gasteiger partial charge >= 0.3 is 13.1 Å². The van der Waals surface area contributed by atoms with Crippen molar-refractivity contribution in [2.75, 3.05) is 0 Å². The second-order valence-corrected chi connectivity index (χ2v) is 6.80. The number of hydrogen-bond donors (Lipinski definition) is 0. The van der Waals surface area contributed by atoms with Crippen molar-refractivity contribution in [1.82, 2.24) is 9.97 Å². The van der Waals surface area contributed by atoms with E-state index in [9.17, 15) is 0 Å². The number of hydrogen-bond acceptors (Lipinski definition) is 5. The highest BCUT2D eigenvalue weighted by Gasteiger charge is 2.51. The van der Waals surface area contributed by atoms with Gasteiger partial charge in [-0.05, 0) is 46.8 Å². The van der Waals surface area contributed by atoms with Crippen LogP contribution in [0.1, 0.15) is 33.3 Å². The Morgan fingerprint density at radius 1 is 0.913 bits per heavy atom. The van der Waals surface area contributed by atoms with Gasteiger partial charge in [-0.15, -0.1) is 0 Å². The first-order chi connectivity index (χ1) is 10.8. The van der Waals surface area contributed by atoms with Gasteiger partial charge in [-0.25, -0.2) is 9.97 Å². The number of nitrogens with zero attached hydrogens (tertiary/aromatic N) is 2. The maximum Gasteiger partial charge on any atom is 0.498 e. The van der Waals surface area contributed by atoms with Crippen LogP contribution in [0, 0.1) is 6.92 Å². The first-order valence-electron chi connectivity index (χ1n) is 7.69. The summed E-state index contributed by atoms with van der Waals surface area (Å²) < 4.78 is 17.6. The molecule has 0 aliphatic carbocycles. The molecule has 1 saturated heterocycles. The van der Waals surface area contributed by atoms with Crippen LogP contribution in [0.5, 0.6) is 11.8 Å². The van der Waals surface area contributed by atoms with Crippen molar-refractivity contribution in [2.45, 2.75) is 45.8 Å². The van der Waals surface area contributed by atoms with Gasteiger partial charge in [0.1, 0.15) is 5.75 Å². The van der Waals surface area contributed by atoms with Crippen LogP contribution >= 0.6 is 0 Å². The SMILES string of the molecule is Cc1ccc(Oc2ncc(B3OC(C)(C)C(C)(C)O3)cn2)cc1. The molecule has 0 atom stereocenters. The van der Waals surface area contributed by atoms with E-state index in [1.807, 2.05) is 58.9 Å². The quantitative estimate of drug-likeness (QED) is 0.816. The Hall–Kier alpha value is -1.92. The number of aryl methyl sites for hydroxylation is 1. The highest BCUT2D eigenvalue weighted by molar-refractivity contribution is 6.61. The van der Waals surface area contributed by atoms with Crippen LogP contribution < -0.4 is 10.2 Å². The third-order valence-corrected chi connectivity index (χ3v) is 4.40. The highest BCUT2D eigenvalue weighted by Crippen LogP contribution is 2.36. The van der Waals surface area contributed by atoms with Crippen molar-refractivity contribution in [3.63, 3.8) is 0 Å². The van der Waals surface area contributed by atoms with Gasteiger partial charge in [-0.2, -0.15) is 0 Å². The van der Waals surface area contributed by atoms with E-state index in [-0.39, 0.29) is 11.2 Å². The van der Waals surface area contributed by atoms with Gasteiger partial charge in [0, 0.05) is 17.9 Å². The molecule has 23 heavy (non-hydrogen) atoms. The van der Waals surface area contributed by atoms with Crippen molar-refractivity contribution in [3.05, 3.63) is 42.2 Å². The Balaban J connectivity index is 1.72. The molecule has 1 aromatic carbocycles. The third-order valence-electron chi connectivity index (χ3n) is 4.40. The monoisotopic (exact) mass is 312 g/mol. The molecule has 1 fully saturated rings. The molecule has 0 spiro atoms. The molecule has 5 nitrogen and oxygen atoms in total. The summed E-state index contributed by atoms with van der Waals surface area (Å²) in [6, 6.07) is 8.04. The molecule has 6 heteroatoms. The van der Waals surface area contributed by atoms with Crippen molar-refractivity contribution in [1.29, 1.82) is 0 Å². The second-order valence-electron chi connectivity index (χ2n) is 6.80. The average Bonchev–Trinajstić information content (AvgIpc) is 2.71. The molecule has 1 aliphatic rings. The van der Waals surface area contributed by atoms with Crippen LogP contribution in [-0.2, 0) is 9.31 Å². The van der Waals surface area contributed by atoms with E-state index < -0.39 is 7.12 Å². The molecule has 1 aliphatic heterocycles. The predicted octanol–water partition coefficient (Wildman–Crippen LogP) is 2.88. The first-order valence-corrected chi connectivity index (χ1v) is 7.69. The predicted molar refractivity (Wildman–Crippen MR) is 89.0 cm³/mol. The molecule has 0 unspecified atom stereocenters. The number of ether oxygens (including phenoxy) is 1. The summed E-state index contributed by atoms with van der Waals surface area (Å²) in [6.07, 6.45) is 3.36. The Bertz CT molecular complexity index is 668. The summed E-state index contributed by atoms with van der Waals surface area (Å²) in [5.74, 6) is 0.707. The fraction of sp³-hybridized carbons (Fsp3) is 0.412. The standard InChI is InChI=1S/C17H21BN2O3/c1-12-6-8-14(9-7-12)21-15-19-10-13(11-20-15)18-22-16(2,3)17(4,5)23-18/h6-11H,1-5H3. The molecule has 2 aromatic rings. The van der Waals surface area contributed by atoms with Crippen LogP contribution in [0.25, 0.3) is 0 Å². The van der Waals surface area contributed by atoms with E-state index in [2.05, 4.69) is 9.97 Å². The lowest BCUT2D eigenvalue weighted by atomic mass is 9.81. The van der Waals surface area contributed by atoms with Gasteiger partial charge in [-0.3, -0.25) is 0 Å². The Morgan fingerprint density at radius 3 is 1.96 bits per heavy atom.